The van der Waals surface area contributed by atoms with Crippen LogP contribution in [-0.4, -0.2) is 29.3 Å². The Morgan fingerprint density at radius 2 is 2.10 bits per heavy atom. The minimum Gasteiger partial charge on any atom is -0.480 e. The van der Waals surface area contributed by atoms with E-state index in [1.54, 1.807) is 0 Å². The first kappa shape index (κ1) is 12.1. The Labute approximate surface area is 64.0 Å². The number of hydrogen-bond donors (Lipinski definition) is 2. The minimum atomic E-state index is -0.963. The first-order chi connectivity index (χ1) is 4.56. The molecule has 60 valence electrons. The molecule has 0 saturated heterocycles. The maximum Gasteiger partial charge on any atom is 0.320 e. The van der Waals surface area contributed by atoms with Gasteiger partial charge in [-0.05, 0) is 6.92 Å². The SMILES string of the molecule is CC(N)C(=O)O.O=CCCl. The summed E-state index contributed by atoms with van der Waals surface area (Å²) >= 11 is 4.82. The molecule has 1 unspecified atom stereocenters. The number of carboxylic acids is 1. The maximum absolute atomic E-state index is 9.57. The molecule has 0 aliphatic rings. The van der Waals surface area contributed by atoms with Crippen molar-refractivity contribution in [1.29, 1.82) is 0 Å². The largest absolute Gasteiger partial charge is 0.480 e. The summed E-state index contributed by atoms with van der Waals surface area (Å²) in [6, 6.07) is -0.731. The van der Waals surface area contributed by atoms with Gasteiger partial charge in [0, 0.05) is 0 Å². The fraction of sp³-hybridized carbons (Fsp3) is 0.600. The lowest BCUT2D eigenvalue weighted by Crippen LogP contribution is -2.25. The lowest BCUT2D eigenvalue weighted by atomic mass is 10.4. The molecule has 1 atom stereocenters. The Morgan fingerprint density at radius 3 is 2.10 bits per heavy atom. The van der Waals surface area contributed by atoms with Gasteiger partial charge in [0.2, 0.25) is 0 Å². The number of aliphatic carboxylic acids is 1. The summed E-state index contributed by atoms with van der Waals surface area (Å²) in [6.45, 7) is 1.42. The van der Waals surface area contributed by atoms with Crippen molar-refractivity contribution < 1.29 is 14.7 Å². The first-order valence-electron chi connectivity index (χ1n) is 2.54. The van der Waals surface area contributed by atoms with E-state index < -0.39 is 12.0 Å². The first-order valence-corrected chi connectivity index (χ1v) is 3.07. The van der Waals surface area contributed by atoms with Gasteiger partial charge in [0.05, 0.1) is 5.88 Å². The van der Waals surface area contributed by atoms with Gasteiger partial charge < -0.3 is 15.6 Å². The number of aldehydes is 1. The molecule has 0 amide bonds. The van der Waals surface area contributed by atoms with E-state index in [-0.39, 0.29) is 5.88 Å². The average Bonchev–Trinajstić information content (AvgIpc) is 1.89. The van der Waals surface area contributed by atoms with Crippen LogP contribution in [0.1, 0.15) is 6.92 Å². The molecule has 0 saturated carbocycles. The van der Waals surface area contributed by atoms with Gasteiger partial charge in [-0.2, -0.15) is 0 Å². The van der Waals surface area contributed by atoms with Gasteiger partial charge in [0.1, 0.15) is 12.3 Å². The summed E-state index contributed by atoms with van der Waals surface area (Å²) in [5, 5.41) is 7.87. The zero-order valence-corrected chi connectivity index (χ0v) is 6.34. The molecule has 0 aromatic heterocycles. The van der Waals surface area contributed by atoms with E-state index >= 15 is 0 Å². The molecule has 0 spiro atoms. The molecule has 0 aromatic rings. The van der Waals surface area contributed by atoms with Crippen molar-refractivity contribution in [2.24, 2.45) is 5.73 Å². The van der Waals surface area contributed by atoms with Crippen molar-refractivity contribution in [3.63, 3.8) is 0 Å². The van der Waals surface area contributed by atoms with Crippen LogP contribution >= 0.6 is 11.6 Å². The molecule has 0 fully saturated rings. The van der Waals surface area contributed by atoms with E-state index in [1.807, 2.05) is 0 Å². The van der Waals surface area contributed by atoms with E-state index in [9.17, 15) is 4.79 Å². The lowest BCUT2D eigenvalue weighted by molar-refractivity contribution is -0.138. The summed E-state index contributed by atoms with van der Waals surface area (Å²) in [7, 11) is 0. The Hall–Kier alpha value is -0.610. The van der Waals surface area contributed by atoms with Gasteiger partial charge in [-0.1, -0.05) is 0 Å². The molecular formula is C5H10ClNO3. The third-order valence-electron chi connectivity index (χ3n) is 0.453. The van der Waals surface area contributed by atoms with Gasteiger partial charge in [0.25, 0.3) is 0 Å². The number of rotatable bonds is 2. The quantitative estimate of drug-likeness (QED) is 0.443. The third-order valence-corrected chi connectivity index (χ3v) is 0.579. The highest BCUT2D eigenvalue weighted by Gasteiger charge is 1.99. The number of carbonyl (C=O) groups excluding carboxylic acids is 1. The third kappa shape index (κ3) is 15.7. The number of halogens is 1. The van der Waals surface area contributed by atoms with Crippen molar-refractivity contribution in [3.05, 3.63) is 0 Å². The van der Waals surface area contributed by atoms with Crippen molar-refractivity contribution in [1.82, 2.24) is 0 Å². The zero-order valence-electron chi connectivity index (χ0n) is 5.58. The fourth-order valence-electron chi connectivity index (χ4n) is 0. The smallest absolute Gasteiger partial charge is 0.320 e. The van der Waals surface area contributed by atoms with E-state index in [0.717, 1.165) is 0 Å². The van der Waals surface area contributed by atoms with Crippen LogP contribution in [0.15, 0.2) is 0 Å². The van der Waals surface area contributed by atoms with Crippen LogP contribution in [0.5, 0.6) is 0 Å². The summed E-state index contributed by atoms with van der Waals surface area (Å²) in [6.07, 6.45) is 0.640. The fourth-order valence-corrected chi connectivity index (χ4v) is 0. The van der Waals surface area contributed by atoms with E-state index in [0.29, 0.717) is 6.29 Å². The number of carboxylic acid groups (broad SMARTS) is 1. The molecule has 0 aliphatic heterocycles. The Morgan fingerprint density at radius 1 is 1.90 bits per heavy atom. The molecule has 3 N–H and O–H groups in total. The van der Waals surface area contributed by atoms with Crippen LogP contribution in [-0.2, 0) is 9.59 Å². The molecule has 0 aliphatic carbocycles. The van der Waals surface area contributed by atoms with Gasteiger partial charge in [0.15, 0.2) is 0 Å². The van der Waals surface area contributed by atoms with Crippen LogP contribution in [0.4, 0.5) is 0 Å². The normalized spacial score (nSPS) is 10.7. The summed E-state index contributed by atoms with van der Waals surface area (Å²) < 4.78 is 0. The number of nitrogens with two attached hydrogens (primary N) is 1. The predicted octanol–water partition coefficient (Wildman–Crippen LogP) is -0.158. The second-order valence-electron chi connectivity index (χ2n) is 1.45. The molecule has 0 aromatic carbocycles. The van der Waals surface area contributed by atoms with E-state index in [4.69, 9.17) is 27.2 Å². The molecule has 0 rings (SSSR count). The molecular weight excluding hydrogens is 158 g/mol. The average molecular weight is 168 g/mol. The van der Waals surface area contributed by atoms with Crippen molar-refractivity contribution >= 4 is 23.9 Å². The van der Waals surface area contributed by atoms with Gasteiger partial charge in [-0.15, -0.1) is 11.6 Å². The predicted molar refractivity (Wildman–Crippen MR) is 38.1 cm³/mol. The molecule has 4 nitrogen and oxygen atoms in total. The van der Waals surface area contributed by atoms with E-state index in [1.165, 1.54) is 6.92 Å². The second kappa shape index (κ2) is 8.39. The molecule has 5 heteroatoms. The Bertz CT molecular complexity index is 105. The van der Waals surface area contributed by atoms with Crippen molar-refractivity contribution in [2.75, 3.05) is 5.88 Å². The topological polar surface area (TPSA) is 80.4 Å². The highest BCUT2D eigenvalue weighted by molar-refractivity contribution is 6.24. The van der Waals surface area contributed by atoms with Crippen LogP contribution in [0.2, 0.25) is 0 Å². The highest BCUT2D eigenvalue weighted by atomic mass is 35.5. The van der Waals surface area contributed by atoms with Gasteiger partial charge in [-0.3, -0.25) is 4.79 Å². The Balaban J connectivity index is 0. The summed E-state index contributed by atoms with van der Waals surface area (Å²) in [4.78, 5) is 18.6. The number of alkyl halides is 1. The lowest BCUT2D eigenvalue weighted by Gasteiger charge is -1.90. The van der Waals surface area contributed by atoms with Gasteiger partial charge in [-0.25, -0.2) is 0 Å². The summed E-state index contributed by atoms with van der Waals surface area (Å²) in [5.74, 6) is -0.852. The maximum atomic E-state index is 9.57. The molecule has 10 heavy (non-hydrogen) atoms. The Kier molecular flexibility index (Phi) is 10.2. The minimum absolute atomic E-state index is 0.111. The van der Waals surface area contributed by atoms with Crippen LogP contribution in [0.25, 0.3) is 0 Å². The van der Waals surface area contributed by atoms with Crippen molar-refractivity contribution in [2.45, 2.75) is 13.0 Å². The van der Waals surface area contributed by atoms with Crippen LogP contribution in [0, 0.1) is 0 Å². The molecule has 0 bridgehead atoms. The number of carbonyl (C=O) groups is 2. The summed E-state index contributed by atoms with van der Waals surface area (Å²) in [5.41, 5.74) is 4.84. The van der Waals surface area contributed by atoms with Crippen molar-refractivity contribution in [3.8, 4) is 0 Å². The zero-order chi connectivity index (χ0) is 8.57. The monoisotopic (exact) mass is 167 g/mol. The molecule has 0 radical (unpaired) electrons. The van der Waals surface area contributed by atoms with Crippen LogP contribution in [0.3, 0.4) is 0 Å². The number of hydrogen-bond acceptors (Lipinski definition) is 3. The standard InChI is InChI=1S/C3H7NO2.C2H3ClO/c1-2(4)3(5)6;3-1-2-4/h2H,4H2,1H3,(H,5,6);2H,1H2. The highest BCUT2D eigenvalue weighted by Crippen LogP contribution is 1.68. The van der Waals surface area contributed by atoms with E-state index in [2.05, 4.69) is 0 Å². The second-order valence-corrected chi connectivity index (χ2v) is 1.76. The van der Waals surface area contributed by atoms with Gasteiger partial charge >= 0.3 is 5.97 Å². The molecule has 0 heterocycles. The van der Waals surface area contributed by atoms with Crippen LogP contribution < -0.4 is 5.73 Å².